The largest absolute Gasteiger partial charge is 0.341 e. The SMILES string of the molecule is N#CC(C#N)=NNc1ccc2nc(CN3CCCCC3)[nH]c2c1. The second-order valence-corrected chi connectivity index (χ2v) is 5.55. The van der Waals surface area contributed by atoms with Gasteiger partial charge in [-0.25, -0.2) is 4.98 Å². The van der Waals surface area contributed by atoms with E-state index < -0.39 is 0 Å². The summed E-state index contributed by atoms with van der Waals surface area (Å²) >= 11 is 0. The Hall–Kier alpha value is -2.90. The molecule has 0 spiro atoms. The number of fused-ring (bicyclic) bond motifs is 1. The molecule has 0 bridgehead atoms. The number of benzene rings is 1. The molecule has 116 valence electrons. The van der Waals surface area contributed by atoms with Crippen LogP contribution in [0.1, 0.15) is 25.1 Å². The Bertz CT molecular complexity index is 784. The quantitative estimate of drug-likeness (QED) is 0.666. The van der Waals surface area contributed by atoms with Gasteiger partial charge in [-0.05, 0) is 44.1 Å². The zero-order chi connectivity index (χ0) is 16.1. The van der Waals surface area contributed by atoms with Gasteiger partial charge in [0.1, 0.15) is 18.0 Å². The van der Waals surface area contributed by atoms with Crippen LogP contribution in [0.25, 0.3) is 11.0 Å². The van der Waals surface area contributed by atoms with Crippen LogP contribution in [0.5, 0.6) is 0 Å². The van der Waals surface area contributed by atoms with Crippen molar-refractivity contribution in [3.63, 3.8) is 0 Å². The summed E-state index contributed by atoms with van der Waals surface area (Å²) in [5.74, 6) is 0.956. The summed E-state index contributed by atoms with van der Waals surface area (Å²) in [6, 6.07) is 9.01. The first-order valence-corrected chi connectivity index (χ1v) is 7.63. The van der Waals surface area contributed by atoms with Gasteiger partial charge in [0, 0.05) is 0 Å². The zero-order valence-electron chi connectivity index (χ0n) is 12.7. The first kappa shape index (κ1) is 15.0. The standard InChI is InChI=1S/C16H17N7/c17-9-13(10-18)22-21-12-4-5-14-15(8-12)20-16(19-14)11-23-6-2-1-3-7-23/h4-5,8,21H,1-3,6-7,11H2,(H,19,20). The summed E-state index contributed by atoms with van der Waals surface area (Å²) in [5.41, 5.74) is 5.01. The Kier molecular flexibility index (Phi) is 4.51. The number of nitriles is 2. The number of H-pyrrole nitrogens is 1. The molecule has 1 saturated heterocycles. The van der Waals surface area contributed by atoms with Crippen molar-refractivity contribution in [2.45, 2.75) is 25.8 Å². The van der Waals surface area contributed by atoms with Gasteiger partial charge in [-0.2, -0.15) is 15.6 Å². The van der Waals surface area contributed by atoms with E-state index in [0.29, 0.717) is 5.69 Å². The van der Waals surface area contributed by atoms with Crippen molar-refractivity contribution >= 4 is 22.4 Å². The highest BCUT2D eigenvalue weighted by Gasteiger charge is 2.12. The maximum atomic E-state index is 8.67. The fraction of sp³-hybridized carbons (Fsp3) is 0.375. The first-order valence-electron chi connectivity index (χ1n) is 7.63. The summed E-state index contributed by atoms with van der Waals surface area (Å²) in [5, 5.41) is 21.1. The number of hydrogen-bond donors (Lipinski definition) is 2. The van der Waals surface area contributed by atoms with Gasteiger partial charge < -0.3 is 4.98 Å². The lowest BCUT2D eigenvalue weighted by Gasteiger charge is -2.25. The molecule has 0 amide bonds. The normalized spacial score (nSPS) is 14.9. The van der Waals surface area contributed by atoms with Crippen LogP contribution in [0.4, 0.5) is 5.69 Å². The van der Waals surface area contributed by atoms with Crippen LogP contribution >= 0.6 is 0 Å². The van der Waals surface area contributed by atoms with Crippen LogP contribution in [-0.2, 0) is 6.54 Å². The summed E-state index contributed by atoms with van der Waals surface area (Å²) in [6.07, 6.45) is 3.83. The minimum absolute atomic E-state index is 0.208. The van der Waals surface area contributed by atoms with E-state index in [1.807, 2.05) is 18.2 Å². The number of hydrazone groups is 1. The van der Waals surface area contributed by atoms with Gasteiger partial charge in [0.15, 0.2) is 0 Å². The average molecular weight is 307 g/mol. The Balaban J connectivity index is 1.74. The Morgan fingerprint density at radius 2 is 2.04 bits per heavy atom. The van der Waals surface area contributed by atoms with E-state index >= 15 is 0 Å². The number of anilines is 1. The number of nitrogens with zero attached hydrogens (tertiary/aromatic N) is 5. The zero-order valence-corrected chi connectivity index (χ0v) is 12.7. The first-order chi connectivity index (χ1) is 11.3. The number of imidazole rings is 1. The molecule has 7 nitrogen and oxygen atoms in total. The summed E-state index contributed by atoms with van der Waals surface area (Å²) in [6.45, 7) is 3.09. The molecule has 0 radical (unpaired) electrons. The molecule has 2 N–H and O–H groups in total. The lowest BCUT2D eigenvalue weighted by molar-refractivity contribution is 0.216. The van der Waals surface area contributed by atoms with Gasteiger partial charge in [-0.15, -0.1) is 0 Å². The van der Waals surface area contributed by atoms with Crippen LogP contribution in [-0.4, -0.2) is 33.7 Å². The van der Waals surface area contributed by atoms with Crippen LogP contribution < -0.4 is 5.43 Å². The van der Waals surface area contributed by atoms with Crippen LogP contribution in [0.15, 0.2) is 23.3 Å². The monoisotopic (exact) mass is 307 g/mol. The van der Waals surface area contributed by atoms with Crippen molar-refractivity contribution in [1.82, 2.24) is 14.9 Å². The van der Waals surface area contributed by atoms with Crippen molar-refractivity contribution in [3.8, 4) is 12.1 Å². The van der Waals surface area contributed by atoms with Gasteiger partial charge in [0.05, 0.1) is 23.3 Å². The van der Waals surface area contributed by atoms with Crippen molar-refractivity contribution < 1.29 is 0 Å². The molecule has 0 aliphatic carbocycles. The van der Waals surface area contributed by atoms with Crippen molar-refractivity contribution in [1.29, 1.82) is 10.5 Å². The number of rotatable bonds is 4. The minimum Gasteiger partial charge on any atom is -0.341 e. The molecule has 2 aromatic rings. The van der Waals surface area contributed by atoms with Crippen LogP contribution in [0.3, 0.4) is 0 Å². The summed E-state index contributed by atoms with van der Waals surface area (Å²) in [7, 11) is 0. The number of nitrogens with one attached hydrogen (secondary N) is 2. The molecule has 23 heavy (non-hydrogen) atoms. The van der Waals surface area contributed by atoms with E-state index in [4.69, 9.17) is 10.5 Å². The lowest BCUT2D eigenvalue weighted by Crippen LogP contribution is -2.29. The third-order valence-corrected chi connectivity index (χ3v) is 3.86. The second-order valence-electron chi connectivity index (χ2n) is 5.55. The van der Waals surface area contributed by atoms with E-state index in [-0.39, 0.29) is 5.71 Å². The summed E-state index contributed by atoms with van der Waals surface area (Å²) < 4.78 is 0. The topological polar surface area (TPSA) is 104 Å². The van der Waals surface area contributed by atoms with Crippen LogP contribution in [0.2, 0.25) is 0 Å². The van der Waals surface area contributed by atoms with E-state index in [9.17, 15) is 0 Å². The molecule has 2 heterocycles. The molecule has 1 aliphatic heterocycles. The van der Waals surface area contributed by atoms with Gasteiger partial charge in [0.2, 0.25) is 5.71 Å². The predicted octanol–water partition coefficient (Wildman–Crippen LogP) is 2.36. The fourth-order valence-corrected chi connectivity index (χ4v) is 2.73. The smallest absolute Gasteiger partial charge is 0.237 e. The van der Waals surface area contributed by atoms with Crippen molar-refractivity contribution in [2.75, 3.05) is 18.5 Å². The summed E-state index contributed by atoms with van der Waals surface area (Å²) in [4.78, 5) is 10.4. The number of aromatic nitrogens is 2. The van der Waals surface area contributed by atoms with Crippen molar-refractivity contribution in [3.05, 3.63) is 24.0 Å². The molecule has 1 fully saturated rings. The van der Waals surface area contributed by atoms with E-state index in [1.165, 1.54) is 19.3 Å². The minimum atomic E-state index is -0.208. The molecule has 1 aliphatic rings. The maximum Gasteiger partial charge on any atom is 0.237 e. The highest BCUT2D eigenvalue weighted by molar-refractivity contribution is 6.10. The molecule has 1 aromatic carbocycles. The highest BCUT2D eigenvalue weighted by atomic mass is 15.3. The van der Waals surface area contributed by atoms with Gasteiger partial charge in [-0.3, -0.25) is 10.3 Å². The van der Waals surface area contributed by atoms with Crippen molar-refractivity contribution in [2.24, 2.45) is 5.10 Å². The van der Waals surface area contributed by atoms with Gasteiger partial charge >= 0.3 is 0 Å². The Morgan fingerprint density at radius 1 is 1.26 bits per heavy atom. The molecule has 1 aromatic heterocycles. The third kappa shape index (κ3) is 3.65. The third-order valence-electron chi connectivity index (χ3n) is 3.86. The molecule has 0 saturated carbocycles. The van der Waals surface area contributed by atoms with Gasteiger partial charge in [0.25, 0.3) is 0 Å². The van der Waals surface area contributed by atoms with E-state index in [1.54, 1.807) is 12.1 Å². The molecule has 0 atom stereocenters. The molecule has 7 heteroatoms. The Labute approximate surface area is 134 Å². The highest BCUT2D eigenvalue weighted by Crippen LogP contribution is 2.19. The predicted molar refractivity (Wildman–Crippen MR) is 87.5 cm³/mol. The lowest BCUT2D eigenvalue weighted by atomic mass is 10.1. The maximum absolute atomic E-state index is 8.67. The number of aromatic amines is 1. The molecule has 3 rings (SSSR count). The average Bonchev–Trinajstić information content (AvgIpc) is 2.98. The van der Waals surface area contributed by atoms with E-state index in [0.717, 1.165) is 36.5 Å². The van der Waals surface area contributed by atoms with Gasteiger partial charge in [-0.1, -0.05) is 6.42 Å². The number of likely N-dealkylation sites (tertiary alicyclic amines) is 1. The van der Waals surface area contributed by atoms with Crippen LogP contribution in [0, 0.1) is 22.7 Å². The second kappa shape index (κ2) is 6.91. The number of piperidine rings is 1. The molecular formula is C16H17N7. The fourth-order valence-electron chi connectivity index (χ4n) is 2.73. The Morgan fingerprint density at radius 3 is 2.78 bits per heavy atom. The van der Waals surface area contributed by atoms with E-state index in [2.05, 4.69) is 25.4 Å². The number of hydrogen-bond acceptors (Lipinski definition) is 6. The molecular weight excluding hydrogens is 290 g/mol. The molecule has 0 unspecified atom stereocenters.